The lowest BCUT2D eigenvalue weighted by Gasteiger charge is -2.54. The van der Waals surface area contributed by atoms with E-state index in [1.54, 1.807) is 0 Å². The van der Waals surface area contributed by atoms with E-state index in [0.29, 0.717) is 6.04 Å². The Morgan fingerprint density at radius 1 is 1.00 bits per heavy atom. The zero-order chi connectivity index (χ0) is 14.2. The standard InChI is InChI=1S/C18H22N2O/c19-5-6-21-17-3-1-16(2-4-17)20-18-14-8-12-7-13(10-14)11-15(18)9-12/h1-4,12-15,18,20H,6-11H2. The van der Waals surface area contributed by atoms with Crippen LogP contribution in [0.15, 0.2) is 24.3 Å². The predicted molar refractivity (Wildman–Crippen MR) is 82.0 cm³/mol. The molecule has 0 saturated heterocycles. The molecule has 21 heavy (non-hydrogen) atoms. The first kappa shape index (κ1) is 13.0. The topological polar surface area (TPSA) is 45.0 Å². The van der Waals surface area contributed by atoms with Crippen LogP contribution in [0.5, 0.6) is 5.75 Å². The Morgan fingerprint density at radius 2 is 1.62 bits per heavy atom. The Labute approximate surface area is 126 Å². The molecule has 5 rings (SSSR count). The van der Waals surface area contributed by atoms with E-state index in [1.807, 2.05) is 18.2 Å². The van der Waals surface area contributed by atoms with Crippen LogP contribution < -0.4 is 10.1 Å². The summed E-state index contributed by atoms with van der Waals surface area (Å²) in [4.78, 5) is 0. The van der Waals surface area contributed by atoms with Crippen LogP contribution in [0.3, 0.4) is 0 Å². The molecule has 4 aliphatic rings. The van der Waals surface area contributed by atoms with Crippen LogP contribution in [0, 0.1) is 35.0 Å². The maximum atomic E-state index is 8.53. The van der Waals surface area contributed by atoms with Crippen molar-refractivity contribution >= 4 is 5.69 Å². The molecular weight excluding hydrogens is 260 g/mol. The number of ether oxygens (including phenoxy) is 1. The average Bonchev–Trinajstić information content (AvgIpc) is 2.49. The summed E-state index contributed by atoms with van der Waals surface area (Å²) in [6.45, 7) is 0.113. The number of rotatable bonds is 4. The molecule has 3 nitrogen and oxygen atoms in total. The van der Waals surface area contributed by atoms with Gasteiger partial charge < -0.3 is 10.1 Å². The van der Waals surface area contributed by atoms with E-state index in [1.165, 1.54) is 37.8 Å². The smallest absolute Gasteiger partial charge is 0.174 e. The van der Waals surface area contributed by atoms with E-state index >= 15 is 0 Å². The zero-order valence-corrected chi connectivity index (χ0v) is 12.3. The summed E-state index contributed by atoms with van der Waals surface area (Å²) in [6.07, 6.45) is 7.26. The second kappa shape index (κ2) is 5.26. The molecule has 0 unspecified atom stereocenters. The van der Waals surface area contributed by atoms with Gasteiger partial charge in [-0.05, 0) is 80.0 Å². The first-order valence-corrected chi connectivity index (χ1v) is 8.18. The summed E-state index contributed by atoms with van der Waals surface area (Å²) >= 11 is 0. The quantitative estimate of drug-likeness (QED) is 0.913. The fraction of sp³-hybridized carbons (Fsp3) is 0.611. The molecule has 4 bridgehead atoms. The third kappa shape index (κ3) is 2.48. The number of anilines is 1. The fourth-order valence-corrected chi connectivity index (χ4v) is 5.12. The van der Waals surface area contributed by atoms with Crippen LogP contribution >= 0.6 is 0 Å². The van der Waals surface area contributed by atoms with Crippen LogP contribution in [0.4, 0.5) is 5.69 Å². The van der Waals surface area contributed by atoms with Crippen LogP contribution in [-0.2, 0) is 0 Å². The van der Waals surface area contributed by atoms with E-state index in [2.05, 4.69) is 17.4 Å². The number of hydrogen-bond donors (Lipinski definition) is 1. The maximum Gasteiger partial charge on any atom is 0.174 e. The second-order valence-corrected chi connectivity index (χ2v) is 7.07. The van der Waals surface area contributed by atoms with Gasteiger partial charge in [-0.1, -0.05) is 0 Å². The van der Waals surface area contributed by atoms with Gasteiger partial charge in [-0.2, -0.15) is 5.26 Å². The molecule has 0 heterocycles. The summed E-state index contributed by atoms with van der Waals surface area (Å²) in [5.74, 6) is 4.58. The number of nitriles is 1. The van der Waals surface area contributed by atoms with Crippen LogP contribution in [0.2, 0.25) is 0 Å². The Kier molecular flexibility index (Phi) is 3.25. The number of hydrogen-bond acceptors (Lipinski definition) is 3. The molecule has 0 aliphatic heterocycles. The molecule has 0 amide bonds. The summed E-state index contributed by atoms with van der Waals surface area (Å²) in [5.41, 5.74) is 1.19. The first-order valence-electron chi connectivity index (χ1n) is 8.18. The molecule has 0 atom stereocenters. The molecule has 4 aliphatic carbocycles. The highest BCUT2D eigenvalue weighted by Gasteiger charge is 2.48. The highest BCUT2D eigenvalue weighted by molar-refractivity contribution is 5.47. The molecular formula is C18H22N2O. The minimum atomic E-state index is 0.113. The van der Waals surface area contributed by atoms with E-state index < -0.39 is 0 Å². The largest absolute Gasteiger partial charge is 0.479 e. The minimum Gasteiger partial charge on any atom is -0.479 e. The monoisotopic (exact) mass is 282 g/mol. The Hall–Kier alpha value is -1.69. The van der Waals surface area contributed by atoms with Gasteiger partial charge in [-0.25, -0.2) is 0 Å². The fourth-order valence-electron chi connectivity index (χ4n) is 5.12. The van der Waals surface area contributed by atoms with Crippen molar-refractivity contribution in [3.05, 3.63) is 24.3 Å². The van der Waals surface area contributed by atoms with Crippen molar-refractivity contribution in [2.24, 2.45) is 23.7 Å². The minimum absolute atomic E-state index is 0.113. The SMILES string of the molecule is N#CCOc1ccc(NC2C3CC4CC(C3)CC2C4)cc1. The van der Waals surface area contributed by atoms with Gasteiger partial charge in [-0.3, -0.25) is 0 Å². The summed E-state index contributed by atoms with van der Waals surface area (Å²) in [7, 11) is 0. The van der Waals surface area contributed by atoms with Gasteiger partial charge in [-0.15, -0.1) is 0 Å². The maximum absolute atomic E-state index is 8.53. The van der Waals surface area contributed by atoms with Crippen molar-refractivity contribution in [2.45, 2.75) is 38.1 Å². The average molecular weight is 282 g/mol. The highest BCUT2D eigenvalue weighted by Crippen LogP contribution is 2.54. The Balaban J connectivity index is 1.43. The molecule has 4 saturated carbocycles. The summed E-state index contributed by atoms with van der Waals surface area (Å²) in [5, 5.41) is 12.3. The predicted octanol–water partition coefficient (Wildman–Crippen LogP) is 3.83. The third-order valence-electron chi connectivity index (χ3n) is 5.72. The lowest BCUT2D eigenvalue weighted by atomic mass is 9.54. The van der Waals surface area contributed by atoms with Gasteiger partial charge in [0.2, 0.25) is 0 Å². The first-order chi connectivity index (χ1) is 10.3. The Morgan fingerprint density at radius 3 is 2.19 bits per heavy atom. The van der Waals surface area contributed by atoms with Crippen molar-refractivity contribution in [2.75, 3.05) is 11.9 Å². The molecule has 0 radical (unpaired) electrons. The van der Waals surface area contributed by atoms with E-state index in [4.69, 9.17) is 10.00 Å². The number of nitrogens with zero attached hydrogens (tertiary/aromatic N) is 1. The van der Waals surface area contributed by atoms with Gasteiger partial charge in [0.05, 0.1) is 0 Å². The van der Waals surface area contributed by atoms with E-state index in [0.717, 1.165) is 29.4 Å². The molecule has 110 valence electrons. The lowest BCUT2D eigenvalue weighted by Crippen LogP contribution is -2.51. The summed E-state index contributed by atoms with van der Waals surface area (Å²) in [6, 6.07) is 10.7. The number of nitrogens with one attached hydrogen (secondary N) is 1. The van der Waals surface area contributed by atoms with Gasteiger partial charge in [0.1, 0.15) is 11.8 Å². The van der Waals surface area contributed by atoms with Crippen molar-refractivity contribution in [1.82, 2.24) is 0 Å². The normalized spacial score (nSPS) is 36.2. The van der Waals surface area contributed by atoms with Crippen LogP contribution in [0.25, 0.3) is 0 Å². The summed E-state index contributed by atoms with van der Waals surface area (Å²) < 4.78 is 5.31. The molecule has 1 aromatic rings. The molecule has 3 heteroatoms. The van der Waals surface area contributed by atoms with Gasteiger partial charge in [0.15, 0.2) is 6.61 Å². The van der Waals surface area contributed by atoms with Crippen molar-refractivity contribution in [1.29, 1.82) is 5.26 Å². The molecule has 0 aromatic heterocycles. The van der Waals surface area contributed by atoms with Gasteiger partial charge >= 0.3 is 0 Å². The second-order valence-electron chi connectivity index (χ2n) is 7.07. The van der Waals surface area contributed by atoms with E-state index in [-0.39, 0.29) is 6.61 Å². The molecule has 0 spiro atoms. The number of benzene rings is 1. The third-order valence-corrected chi connectivity index (χ3v) is 5.72. The van der Waals surface area contributed by atoms with E-state index in [9.17, 15) is 0 Å². The molecule has 4 fully saturated rings. The van der Waals surface area contributed by atoms with Gasteiger partial charge in [0.25, 0.3) is 0 Å². The lowest BCUT2D eigenvalue weighted by molar-refractivity contribution is 0.00754. The van der Waals surface area contributed by atoms with Crippen LogP contribution in [0.1, 0.15) is 32.1 Å². The van der Waals surface area contributed by atoms with Crippen molar-refractivity contribution < 1.29 is 4.74 Å². The zero-order valence-electron chi connectivity index (χ0n) is 12.3. The van der Waals surface area contributed by atoms with Crippen LogP contribution in [-0.4, -0.2) is 12.6 Å². The molecule has 1 N–H and O–H groups in total. The molecule has 1 aromatic carbocycles. The Bertz CT molecular complexity index is 517. The highest BCUT2D eigenvalue weighted by atomic mass is 16.5. The van der Waals surface area contributed by atoms with Gasteiger partial charge in [0, 0.05) is 11.7 Å². The van der Waals surface area contributed by atoms with Crippen molar-refractivity contribution in [3.63, 3.8) is 0 Å². The van der Waals surface area contributed by atoms with Crippen molar-refractivity contribution in [3.8, 4) is 11.8 Å².